The highest BCUT2D eigenvalue weighted by Gasteiger charge is 2.21. The Balaban J connectivity index is 1.76. The maximum Gasteiger partial charge on any atom is 0.193 e. The van der Waals surface area contributed by atoms with Crippen molar-refractivity contribution in [1.82, 2.24) is 10.2 Å². The summed E-state index contributed by atoms with van der Waals surface area (Å²) in [7, 11) is 5.99. The number of hydrogen-bond donors (Lipinski definition) is 1. The van der Waals surface area contributed by atoms with E-state index < -0.39 is 0 Å². The average molecular weight is 332 g/mol. The third kappa shape index (κ3) is 5.41. The largest absolute Gasteiger partial charge is 0.378 e. The van der Waals surface area contributed by atoms with Crippen LogP contribution in [0.25, 0.3) is 0 Å². The number of benzene rings is 1. The quantitative estimate of drug-likeness (QED) is 0.641. The van der Waals surface area contributed by atoms with E-state index in [0.29, 0.717) is 6.10 Å². The van der Waals surface area contributed by atoms with E-state index in [1.165, 1.54) is 11.3 Å². The molecule has 1 aliphatic heterocycles. The molecule has 0 unspecified atom stereocenters. The van der Waals surface area contributed by atoms with Crippen molar-refractivity contribution < 1.29 is 4.74 Å². The van der Waals surface area contributed by atoms with Gasteiger partial charge in [0.05, 0.1) is 6.10 Å². The Bertz CT molecular complexity index is 505. The van der Waals surface area contributed by atoms with Crippen LogP contribution in [-0.4, -0.2) is 64.3 Å². The molecule has 1 N–H and O–H groups in total. The predicted molar refractivity (Wildman–Crippen MR) is 102 cm³/mol. The SMILES string of the molecule is CCOC1CCN(C(=NC)NCCc2ccc(N(C)C)cc2)CC1. The zero-order valence-electron chi connectivity index (χ0n) is 15.6. The number of likely N-dealkylation sites (tertiary alicyclic amines) is 1. The fourth-order valence-corrected chi connectivity index (χ4v) is 3.08. The van der Waals surface area contributed by atoms with E-state index in [1.807, 2.05) is 7.05 Å². The molecule has 0 aliphatic carbocycles. The molecule has 1 aromatic carbocycles. The Kier molecular flexibility index (Phi) is 7.37. The number of nitrogens with one attached hydrogen (secondary N) is 1. The van der Waals surface area contributed by atoms with Gasteiger partial charge in [0.25, 0.3) is 0 Å². The molecule has 0 aromatic heterocycles. The van der Waals surface area contributed by atoms with Crippen LogP contribution in [-0.2, 0) is 11.2 Å². The first-order valence-corrected chi connectivity index (χ1v) is 8.97. The van der Waals surface area contributed by atoms with Crippen LogP contribution in [0.1, 0.15) is 25.3 Å². The van der Waals surface area contributed by atoms with Crippen molar-refractivity contribution in [2.45, 2.75) is 32.3 Å². The second-order valence-corrected chi connectivity index (χ2v) is 6.43. The van der Waals surface area contributed by atoms with E-state index in [2.05, 4.69) is 65.4 Å². The summed E-state index contributed by atoms with van der Waals surface area (Å²) in [4.78, 5) is 8.89. The van der Waals surface area contributed by atoms with Gasteiger partial charge in [-0.05, 0) is 43.9 Å². The molecule has 24 heavy (non-hydrogen) atoms. The van der Waals surface area contributed by atoms with Gasteiger partial charge in [-0.2, -0.15) is 0 Å². The summed E-state index contributed by atoms with van der Waals surface area (Å²) in [6, 6.07) is 8.74. The second-order valence-electron chi connectivity index (χ2n) is 6.43. The smallest absolute Gasteiger partial charge is 0.193 e. The molecular formula is C19H32N4O. The molecule has 0 bridgehead atoms. The van der Waals surface area contributed by atoms with Crippen molar-refractivity contribution in [1.29, 1.82) is 0 Å². The summed E-state index contributed by atoms with van der Waals surface area (Å²) in [5, 5.41) is 3.50. The maximum absolute atomic E-state index is 5.72. The fraction of sp³-hybridized carbons (Fsp3) is 0.632. The van der Waals surface area contributed by atoms with Crippen LogP contribution in [0.2, 0.25) is 0 Å². The van der Waals surface area contributed by atoms with Gasteiger partial charge in [0, 0.05) is 53.1 Å². The first-order valence-electron chi connectivity index (χ1n) is 8.97. The molecule has 1 aromatic rings. The standard InChI is InChI=1S/C19H32N4O/c1-5-24-18-11-14-23(15-12-18)19(20-2)21-13-10-16-6-8-17(9-7-16)22(3)4/h6-9,18H,5,10-15H2,1-4H3,(H,20,21). The Labute approximate surface area is 146 Å². The highest BCUT2D eigenvalue weighted by atomic mass is 16.5. The van der Waals surface area contributed by atoms with Crippen LogP contribution in [0, 0.1) is 0 Å². The van der Waals surface area contributed by atoms with E-state index >= 15 is 0 Å². The molecule has 5 heteroatoms. The van der Waals surface area contributed by atoms with Crippen molar-refractivity contribution >= 4 is 11.6 Å². The van der Waals surface area contributed by atoms with Gasteiger partial charge in [-0.25, -0.2) is 0 Å². The summed E-state index contributed by atoms with van der Waals surface area (Å²) in [5.41, 5.74) is 2.58. The van der Waals surface area contributed by atoms with E-state index in [9.17, 15) is 0 Å². The fourth-order valence-electron chi connectivity index (χ4n) is 3.08. The van der Waals surface area contributed by atoms with Crippen molar-refractivity contribution in [2.24, 2.45) is 4.99 Å². The minimum absolute atomic E-state index is 0.416. The summed E-state index contributed by atoms with van der Waals surface area (Å²) in [6.45, 7) is 5.81. The highest BCUT2D eigenvalue weighted by Crippen LogP contribution is 2.14. The van der Waals surface area contributed by atoms with Crippen LogP contribution in [0.5, 0.6) is 0 Å². The lowest BCUT2D eigenvalue weighted by atomic mass is 10.1. The van der Waals surface area contributed by atoms with Gasteiger partial charge in [-0.1, -0.05) is 12.1 Å². The molecule has 1 saturated heterocycles. The monoisotopic (exact) mass is 332 g/mol. The molecule has 1 aliphatic rings. The maximum atomic E-state index is 5.72. The molecule has 0 atom stereocenters. The van der Waals surface area contributed by atoms with Gasteiger partial charge in [-0.15, -0.1) is 0 Å². The van der Waals surface area contributed by atoms with Crippen LogP contribution in [0.4, 0.5) is 5.69 Å². The molecular weight excluding hydrogens is 300 g/mol. The Morgan fingerprint density at radius 1 is 1.25 bits per heavy atom. The van der Waals surface area contributed by atoms with Gasteiger partial charge < -0.3 is 19.9 Å². The molecule has 0 spiro atoms. The number of hydrogen-bond acceptors (Lipinski definition) is 3. The predicted octanol–water partition coefficient (Wildman–Crippen LogP) is 2.37. The number of nitrogens with zero attached hydrogens (tertiary/aromatic N) is 3. The van der Waals surface area contributed by atoms with Crippen molar-refractivity contribution in [3.8, 4) is 0 Å². The zero-order valence-corrected chi connectivity index (χ0v) is 15.6. The summed E-state index contributed by atoms with van der Waals surface area (Å²) < 4.78 is 5.72. The van der Waals surface area contributed by atoms with Gasteiger partial charge >= 0.3 is 0 Å². The molecule has 5 nitrogen and oxygen atoms in total. The van der Waals surface area contributed by atoms with Gasteiger partial charge in [0.1, 0.15) is 0 Å². The van der Waals surface area contributed by atoms with E-state index in [1.54, 1.807) is 0 Å². The first kappa shape index (κ1) is 18.6. The molecule has 0 saturated carbocycles. The lowest BCUT2D eigenvalue weighted by Crippen LogP contribution is -2.47. The van der Waals surface area contributed by atoms with Crippen LogP contribution in [0.3, 0.4) is 0 Å². The second kappa shape index (κ2) is 9.52. The normalized spacial score (nSPS) is 16.3. The van der Waals surface area contributed by atoms with Crippen molar-refractivity contribution in [3.63, 3.8) is 0 Å². The van der Waals surface area contributed by atoms with Crippen LogP contribution < -0.4 is 10.2 Å². The minimum Gasteiger partial charge on any atom is -0.378 e. The third-order valence-electron chi connectivity index (χ3n) is 4.51. The lowest BCUT2D eigenvalue weighted by molar-refractivity contribution is 0.0264. The van der Waals surface area contributed by atoms with E-state index in [-0.39, 0.29) is 0 Å². The molecule has 0 amide bonds. The number of ether oxygens (including phenoxy) is 1. The molecule has 134 valence electrons. The molecule has 0 radical (unpaired) electrons. The Morgan fingerprint density at radius 3 is 2.46 bits per heavy atom. The Hall–Kier alpha value is -1.75. The van der Waals surface area contributed by atoms with Gasteiger partial charge in [0.15, 0.2) is 5.96 Å². The third-order valence-corrected chi connectivity index (χ3v) is 4.51. The number of guanidine groups is 1. The van der Waals surface area contributed by atoms with Crippen molar-refractivity contribution in [3.05, 3.63) is 29.8 Å². The first-order chi connectivity index (χ1) is 11.6. The van der Waals surface area contributed by atoms with Gasteiger partial charge in [0.2, 0.25) is 0 Å². The highest BCUT2D eigenvalue weighted by molar-refractivity contribution is 5.80. The van der Waals surface area contributed by atoms with Crippen molar-refractivity contribution in [2.75, 3.05) is 52.3 Å². The number of piperidine rings is 1. The molecule has 2 rings (SSSR count). The number of rotatable bonds is 6. The zero-order chi connectivity index (χ0) is 17.4. The minimum atomic E-state index is 0.416. The Morgan fingerprint density at radius 2 is 1.92 bits per heavy atom. The van der Waals surface area contributed by atoms with Crippen LogP contribution >= 0.6 is 0 Å². The summed E-state index contributed by atoms with van der Waals surface area (Å²) >= 11 is 0. The van der Waals surface area contributed by atoms with Crippen LogP contribution in [0.15, 0.2) is 29.3 Å². The summed E-state index contributed by atoms with van der Waals surface area (Å²) in [6.07, 6.45) is 3.59. The number of aliphatic imine (C=N–C) groups is 1. The summed E-state index contributed by atoms with van der Waals surface area (Å²) in [5.74, 6) is 1.01. The topological polar surface area (TPSA) is 40.1 Å². The van der Waals surface area contributed by atoms with E-state index in [4.69, 9.17) is 4.74 Å². The van der Waals surface area contributed by atoms with E-state index in [0.717, 1.165) is 51.5 Å². The lowest BCUT2D eigenvalue weighted by Gasteiger charge is -2.34. The van der Waals surface area contributed by atoms with Gasteiger partial charge in [-0.3, -0.25) is 4.99 Å². The number of anilines is 1. The average Bonchev–Trinajstić information content (AvgIpc) is 2.60. The molecule has 1 fully saturated rings. The molecule has 1 heterocycles.